The molecule has 0 radical (unpaired) electrons. The molecule has 0 aliphatic heterocycles. The molecule has 0 unspecified atom stereocenters. The molecule has 16 heavy (non-hydrogen) atoms. The maximum absolute atomic E-state index is 12.3. The number of carbonyl (C=O) groups is 1. The van der Waals surface area contributed by atoms with Crippen molar-refractivity contribution in [3.63, 3.8) is 0 Å². The van der Waals surface area contributed by atoms with E-state index in [0.29, 0.717) is 18.0 Å². The van der Waals surface area contributed by atoms with E-state index in [2.05, 4.69) is 5.10 Å². The molecular weight excluding hydrogens is 208 g/mol. The van der Waals surface area contributed by atoms with Crippen LogP contribution in [0, 0.1) is 0 Å². The molecule has 1 aromatic rings. The van der Waals surface area contributed by atoms with Crippen LogP contribution in [0.15, 0.2) is 6.20 Å². The Morgan fingerprint density at radius 1 is 1.50 bits per heavy atom. The molecule has 1 aromatic heterocycles. The number of carbonyl (C=O) groups excluding carboxylic acids is 1. The van der Waals surface area contributed by atoms with Crippen molar-refractivity contribution in [2.75, 3.05) is 14.2 Å². The van der Waals surface area contributed by atoms with Crippen molar-refractivity contribution < 1.29 is 14.3 Å². The van der Waals surface area contributed by atoms with E-state index < -0.39 is 5.60 Å². The van der Waals surface area contributed by atoms with Gasteiger partial charge in [-0.2, -0.15) is 5.10 Å². The summed E-state index contributed by atoms with van der Waals surface area (Å²) >= 11 is 0. The van der Waals surface area contributed by atoms with Gasteiger partial charge in [0.25, 0.3) is 0 Å². The Morgan fingerprint density at radius 2 is 2.12 bits per heavy atom. The van der Waals surface area contributed by atoms with Gasteiger partial charge in [-0.25, -0.2) is 0 Å². The van der Waals surface area contributed by atoms with Crippen molar-refractivity contribution in [3.8, 4) is 5.75 Å². The monoisotopic (exact) mass is 226 g/mol. The smallest absolute Gasteiger partial charge is 0.215 e. The summed E-state index contributed by atoms with van der Waals surface area (Å²) in [6.45, 7) is 5.98. The predicted octanol–water partition coefficient (Wildman–Crippen LogP) is 1.52. The summed E-state index contributed by atoms with van der Waals surface area (Å²) in [7, 11) is 3.03. The number of aryl methyl sites for hydroxylation is 1. The Morgan fingerprint density at radius 3 is 2.56 bits per heavy atom. The highest BCUT2D eigenvalue weighted by Gasteiger charge is 2.33. The highest BCUT2D eigenvalue weighted by molar-refractivity contribution is 6.02. The molecule has 0 amide bonds. The number of aromatic nitrogens is 2. The highest BCUT2D eigenvalue weighted by atomic mass is 16.5. The normalized spacial score (nSPS) is 11.6. The van der Waals surface area contributed by atoms with E-state index in [4.69, 9.17) is 9.47 Å². The summed E-state index contributed by atoms with van der Waals surface area (Å²) in [5.41, 5.74) is -0.419. The van der Waals surface area contributed by atoms with Gasteiger partial charge in [-0.15, -0.1) is 0 Å². The Labute approximate surface area is 95.3 Å². The molecule has 1 heterocycles. The number of ether oxygens (including phenoxy) is 2. The SMILES string of the molecule is CCn1ncc(OC)c1C(=O)C(C)(C)OC. The summed E-state index contributed by atoms with van der Waals surface area (Å²) < 4.78 is 11.9. The lowest BCUT2D eigenvalue weighted by Gasteiger charge is -2.21. The van der Waals surface area contributed by atoms with Crippen molar-refractivity contribution in [1.29, 1.82) is 0 Å². The van der Waals surface area contributed by atoms with Crippen LogP contribution in [0.1, 0.15) is 31.3 Å². The molecule has 0 atom stereocenters. The zero-order chi connectivity index (χ0) is 12.3. The summed E-state index contributed by atoms with van der Waals surface area (Å²) in [6.07, 6.45) is 1.54. The number of rotatable bonds is 5. The number of ketones is 1. The first-order valence-electron chi connectivity index (χ1n) is 5.17. The molecule has 0 spiro atoms. The van der Waals surface area contributed by atoms with E-state index in [1.165, 1.54) is 14.2 Å². The summed E-state index contributed by atoms with van der Waals surface area (Å²) in [6, 6.07) is 0. The average molecular weight is 226 g/mol. The second kappa shape index (κ2) is 4.65. The van der Waals surface area contributed by atoms with Crippen LogP contribution < -0.4 is 4.74 Å². The van der Waals surface area contributed by atoms with Crippen LogP contribution in [0.2, 0.25) is 0 Å². The first-order chi connectivity index (χ1) is 7.47. The van der Waals surface area contributed by atoms with E-state index in [9.17, 15) is 4.79 Å². The van der Waals surface area contributed by atoms with Crippen molar-refractivity contribution in [3.05, 3.63) is 11.9 Å². The van der Waals surface area contributed by atoms with Crippen LogP contribution in [0.4, 0.5) is 0 Å². The molecule has 1 rings (SSSR count). The van der Waals surface area contributed by atoms with Crippen molar-refractivity contribution in [2.24, 2.45) is 0 Å². The van der Waals surface area contributed by atoms with Crippen molar-refractivity contribution in [2.45, 2.75) is 32.9 Å². The highest BCUT2D eigenvalue weighted by Crippen LogP contribution is 2.24. The molecular formula is C11H18N2O3. The fourth-order valence-corrected chi connectivity index (χ4v) is 1.36. The zero-order valence-electron chi connectivity index (χ0n) is 10.4. The number of hydrogen-bond acceptors (Lipinski definition) is 4. The molecule has 0 N–H and O–H groups in total. The lowest BCUT2D eigenvalue weighted by molar-refractivity contribution is 0.0216. The lowest BCUT2D eigenvalue weighted by atomic mass is 10.0. The number of nitrogens with zero attached hydrogens (tertiary/aromatic N) is 2. The molecule has 0 bridgehead atoms. The molecule has 0 saturated heterocycles. The van der Waals surface area contributed by atoms with E-state index in [-0.39, 0.29) is 5.78 Å². The van der Waals surface area contributed by atoms with Crippen LogP contribution >= 0.6 is 0 Å². The molecule has 0 aliphatic rings. The quantitative estimate of drug-likeness (QED) is 0.714. The standard InChI is InChI=1S/C11H18N2O3/c1-6-13-9(8(15-4)7-12-13)10(14)11(2,3)16-5/h7H,6H2,1-5H3. The van der Waals surface area contributed by atoms with Gasteiger partial charge >= 0.3 is 0 Å². The zero-order valence-corrected chi connectivity index (χ0v) is 10.4. The molecule has 0 aromatic carbocycles. The van der Waals surface area contributed by atoms with Gasteiger partial charge in [0.2, 0.25) is 5.78 Å². The number of Topliss-reactive ketones (excluding diaryl/α,β-unsaturated/α-hetero) is 1. The van der Waals surface area contributed by atoms with Crippen molar-refractivity contribution >= 4 is 5.78 Å². The largest absolute Gasteiger partial charge is 0.493 e. The second-order valence-electron chi connectivity index (χ2n) is 3.92. The molecule has 0 aliphatic carbocycles. The van der Waals surface area contributed by atoms with Crippen LogP contribution in [0.5, 0.6) is 5.75 Å². The second-order valence-corrected chi connectivity index (χ2v) is 3.92. The van der Waals surface area contributed by atoms with Crippen LogP contribution in [-0.4, -0.2) is 35.4 Å². The van der Waals surface area contributed by atoms with Gasteiger partial charge in [0, 0.05) is 13.7 Å². The lowest BCUT2D eigenvalue weighted by Crippen LogP contribution is -2.35. The van der Waals surface area contributed by atoms with E-state index in [1.54, 1.807) is 24.7 Å². The molecule has 0 fully saturated rings. The van der Waals surface area contributed by atoms with Gasteiger partial charge in [-0.05, 0) is 20.8 Å². The first kappa shape index (κ1) is 12.7. The Kier molecular flexibility index (Phi) is 3.70. The van der Waals surface area contributed by atoms with Crippen LogP contribution in [0.3, 0.4) is 0 Å². The van der Waals surface area contributed by atoms with Gasteiger partial charge in [0.15, 0.2) is 5.75 Å². The van der Waals surface area contributed by atoms with E-state index in [1.807, 2.05) is 6.92 Å². The fraction of sp³-hybridized carbons (Fsp3) is 0.636. The summed E-state index contributed by atoms with van der Waals surface area (Å²) in [4.78, 5) is 12.3. The summed E-state index contributed by atoms with van der Waals surface area (Å²) in [5.74, 6) is 0.350. The molecule has 90 valence electrons. The van der Waals surface area contributed by atoms with Gasteiger partial charge < -0.3 is 9.47 Å². The van der Waals surface area contributed by atoms with Gasteiger partial charge in [-0.1, -0.05) is 0 Å². The Balaban J connectivity index is 3.20. The van der Waals surface area contributed by atoms with Crippen LogP contribution in [-0.2, 0) is 11.3 Å². The average Bonchev–Trinajstić information content (AvgIpc) is 2.70. The topological polar surface area (TPSA) is 53.4 Å². The third-order valence-electron chi connectivity index (χ3n) is 2.60. The maximum atomic E-state index is 12.3. The number of hydrogen-bond donors (Lipinski definition) is 0. The van der Waals surface area contributed by atoms with Gasteiger partial charge in [-0.3, -0.25) is 9.48 Å². The number of methoxy groups -OCH3 is 2. The van der Waals surface area contributed by atoms with Gasteiger partial charge in [0.05, 0.1) is 13.3 Å². The fourth-order valence-electron chi connectivity index (χ4n) is 1.36. The predicted molar refractivity (Wildman–Crippen MR) is 59.9 cm³/mol. The Bertz CT molecular complexity index is 361. The molecule has 5 heteroatoms. The van der Waals surface area contributed by atoms with Crippen LogP contribution in [0.25, 0.3) is 0 Å². The first-order valence-corrected chi connectivity index (χ1v) is 5.17. The van der Waals surface area contributed by atoms with Crippen molar-refractivity contribution in [1.82, 2.24) is 9.78 Å². The van der Waals surface area contributed by atoms with Gasteiger partial charge in [0.1, 0.15) is 11.3 Å². The minimum atomic E-state index is -0.875. The minimum absolute atomic E-state index is 0.133. The maximum Gasteiger partial charge on any atom is 0.215 e. The Hall–Kier alpha value is -1.36. The van der Waals surface area contributed by atoms with E-state index in [0.717, 1.165) is 0 Å². The third kappa shape index (κ3) is 2.09. The molecule has 0 saturated carbocycles. The molecule has 5 nitrogen and oxygen atoms in total. The van der Waals surface area contributed by atoms with E-state index >= 15 is 0 Å². The minimum Gasteiger partial charge on any atom is -0.493 e. The summed E-state index contributed by atoms with van der Waals surface area (Å²) in [5, 5.41) is 4.09. The third-order valence-corrected chi connectivity index (χ3v) is 2.60.